The van der Waals surface area contributed by atoms with Crippen LogP contribution in [-0.2, 0) is 6.54 Å². The van der Waals surface area contributed by atoms with Gasteiger partial charge in [-0.05, 0) is 49.2 Å². The highest BCUT2D eigenvalue weighted by atomic mass is 16.6. The van der Waals surface area contributed by atoms with Gasteiger partial charge in [-0.25, -0.2) is 9.97 Å². The van der Waals surface area contributed by atoms with E-state index in [9.17, 15) is 10.1 Å². The normalized spacial score (nSPS) is 10.5. The van der Waals surface area contributed by atoms with Crippen LogP contribution in [0.15, 0.2) is 47.3 Å². The van der Waals surface area contributed by atoms with Crippen molar-refractivity contribution in [1.82, 2.24) is 9.97 Å². The molecule has 2 heterocycles. The molecule has 3 aromatic rings. The molecule has 0 unspecified atom stereocenters. The van der Waals surface area contributed by atoms with Gasteiger partial charge >= 0.3 is 5.69 Å². The first kappa shape index (κ1) is 16.4. The molecule has 0 amide bonds. The minimum Gasteiger partial charge on any atom is -0.467 e. The summed E-state index contributed by atoms with van der Waals surface area (Å²) in [5.74, 6) is 0.909. The lowest BCUT2D eigenvalue weighted by Crippen LogP contribution is -2.08. The van der Waals surface area contributed by atoms with Gasteiger partial charge < -0.3 is 15.1 Å². The molecule has 3 rings (SSSR count). The number of aryl methyl sites for hydroxylation is 2. The van der Waals surface area contributed by atoms with Gasteiger partial charge in [0.05, 0.1) is 17.7 Å². The van der Waals surface area contributed by atoms with Gasteiger partial charge in [-0.1, -0.05) is 6.07 Å². The van der Waals surface area contributed by atoms with Gasteiger partial charge in [0, 0.05) is 5.69 Å². The smallest absolute Gasteiger partial charge is 0.353 e. The molecule has 8 nitrogen and oxygen atoms in total. The van der Waals surface area contributed by atoms with Crippen LogP contribution < -0.4 is 10.6 Å². The highest BCUT2D eigenvalue weighted by molar-refractivity contribution is 5.74. The molecule has 0 aliphatic carbocycles. The maximum atomic E-state index is 11.6. The third-order valence-corrected chi connectivity index (χ3v) is 3.50. The number of aromatic nitrogens is 2. The number of furan rings is 1. The lowest BCUT2D eigenvalue weighted by Gasteiger charge is -2.10. The summed E-state index contributed by atoms with van der Waals surface area (Å²) in [6.45, 7) is 4.21. The Labute approximate surface area is 144 Å². The summed E-state index contributed by atoms with van der Waals surface area (Å²) in [6.07, 6.45) is 2.82. The predicted octanol–water partition coefficient (Wildman–Crippen LogP) is 3.95. The molecule has 0 saturated carbocycles. The molecule has 0 radical (unpaired) electrons. The second-order valence-corrected chi connectivity index (χ2v) is 5.61. The third-order valence-electron chi connectivity index (χ3n) is 3.50. The van der Waals surface area contributed by atoms with E-state index in [1.54, 1.807) is 18.4 Å². The lowest BCUT2D eigenvalue weighted by atomic mass is 10.1. The Balaban J connectivity index is 1.90. The maximum Gasteiger partial charge on any atom is 0.353 e. The van der Waals surface area contributed by atoms with Crippen LogP contribution in [0.5, 0.6) is 0 Å². The van der Waals surface area contributed by atoms with E-state index >= 15 is 0 Å². The van der Waals surface area contributed by atoms with Crippen LogP contribution in [-0.4, -0.2) is 14.9 Å². The van der Waals surface area contributed by atoms with Gasteiger partial charge in [0.25, 0.3) is 0 Å². The number of benzene rings is 1. The van der Waals surface area contributed by atoms with Crippen molar-refractivity contribution < 1.29 is 9.34 Å². The Bertz CT molecular complexity index is 873. The summed E-state index contributed by atoms with van der Waals surface area (Å²) in [6, 6.07) is 9.34. The van der Waals surface area contributed by atoms with Gasteiger partial charge in [-0.3, -0.25) is 10.1 Å². The highest BCUT2D eigenvalue weighted by Crippen LogP contribution is 2.31. The summed E-state index contributed by atoms with van der Waals surface area (Å²) in [7, 11) is 0. The minimum absolute atomic E-state index is 0.128. The standard InChI is InChI=1S/C17H17N5O3/c1-11-6-12(2)8-13(7-11)21-17-15(22(23)24)16(19-10-20-17)18-9-14-4-3-5-25-14/h3-8,10H,9H2,1-2H3,(H2,18,19,20,21). The molecular formula is C17H17N5O3. The van der Waals surface area contributed by atoms with E-state index in [1.165, 1.54) is 6.33 Å². The molecule has 8 heteroatoms. The maximum absolute atomic E-state index is 11.6. The van der Waals surface area contributed by atoms with Gasteiger partial charge in [0.15, 0.2) is 0 Å². The third kappa shape index (κ3) is 3.92. The quantitative estimate of drug-likeness (QED) is 0.517. The topological polar surface area (TPSA) is 106 Å². The van der Waals surface area contributed by atoms with Crippen LogP contribution in [0.25, 0.3) is 0 Å². The summed E-state index contributed by atoms with van der Waals surface area (Å²) in [4.78, 5) is 19.1. The summed E-state index contributed by atoms with van der Waals surface area (Å²) >= 11 is 0. The Morgan fingerprint density at radius 2 is 1.88 bits per heavy atom. The van der Waals surface area contributed by atoms with E-state index in [4.69, 9.17) is 4.42 Å². The highest BCUT2D eigenvalue weighted by Gasteiger charge is 2.23. The Morgan fingerprint density at radius 3 is 2.52 bits per heavy atom. The zero-order valence-electron chi connectivity index (χ0n) is 13.8. The first-order valence-corrected chi connectivity index (χ1v) is 7.64. The largest absolute Gasteiger partial charge is 0.467 e. The number of hydrogen-bond donors (Lipinski definition) is 2. The summed E-state index contributed by atoms with van der Waals surface area (Å²) in [5, 5.41) is 17.5. The Kier molecular flexibility index (Phi) is 4.60. The molecule has 1 aromatic carbocycles. The molecule has 0 bridgehead atoms. The van der Waals surface area contributed by atoms with E-state index in [1.807, 2.05) is 32.0 Å². The zero-order chi connectivity index (χ0) is 17.8. The summed E-state index contributed by atoms with van der Waals surface area (Å²) < 4.78 is 5.22. The van der Waals surface area contributed by atoms with Gasteiger partial charge in [-0.2, -0.15) is 0 Å². The molecular weight excluding hydrogens is 322 g/mol. The molecule has 2 N–H and O–H groups in total. The molecule has 0 aliphatic rings. The van der Waals surface area contributed by atoms with Crippen molar-refractivity contribution in [2.24, 2.45) is 0 Å². The fraction of sp³-hybridized carbons (Fsp3) is 0.176. The SMILES string of the molecule is Cc1cc(C)cc(Nc2ncnc(NCc3ccco3)c2[N+](=O)[O-])c1. The predicted molar refractivity (Wildman–Crippen MR) is 93.9 cm³/mol. The van der Waals surface area contributed by atoms with E-state index in [2.05, 4.69) is 20.6 Å². The van der Waals surface area contributed by atoms with Gasteiger partial charge in [0.1, 0.15) is 12.1 Å². The van der Waals surface area contributed by atoms with Crippen LogP contribution >= 0.6 is 0 Å². The minimum atomic E-state index is -0.505. The molecule has 0 saturated heterocycles. The first-order valence-electron chi connectivity index (χ1n) is 7.64. The number of nitrogens with one attached hydrogen (secondary N) is 2. The first-order chi connectivity index (χ1) is 12.0. The number of nitrogens with zero attached hydrogens (tertiary/aromatic N) is 3. The average molecular weight is 339 g/mol. The number of nitro groups is 1. The van der Waals surface area contributed by atoms with Crippen molar-refractivity contribution in [3.05, 3.63) is 69.9 Å². The van der Waals surface area contributed by atoms with Crippen molar-refractivity contribution in [3.63, 3.8) is 0 Å². The monoisotopic (exact) mass is 339 g/mol. The number of rotatable bonds is 6. The van der Waals surface area contributed by atoms with E-state index in [0.717, 1.165) is 16.8 Å². The second-order valence-electron chi connectivity index (χ2n) is 5.61. The molecule has 128 valence electrons. The molecule has 2 aromatic heterocycles. The second kappa shape index (κ2) is 7.00. The molecule has 0 atom stereocenters. The average Bonchev–Trinajstić information content (AvgIpc) is 3.05. The number of anilines is 3. The van der Waals surface area contributed by atoms with E-state index < -0.39 is 4.92 Å². The van der Waals surface area contributed by atoms with Crippen LogP contribution in [0, 0.1) is 24.0 Å². The zero-order valence-corrected chi connectivity index (χ0v) is 13.8. The van der Waals surface area contributed by atoms with E-state index in [-0.39, 0.29) is 23.9 Å². The molecule has 0 fully saturated rings. The van der Waals surface area contributed by atoms with Crippen molar-refractivity contribution in [2.45, 2.75) is 20.4 Å². The van der Waals surface area contributed by atoms with Crippen LogP contribution in [0.3, 0.4) is 0 Å². The van der Waals surface area contributed by atoms with Crippen molar-refractivity contribution in [1.29, 1.82) is 0 Å². The van der Waals surface area contributed by atoms with Crippen molar-refractivity contribution in [3.8, 4) is 0 Å². The Hall–Kier alpha value is -3.42. The molecule has 0 spiro atoms. The van der Waals surface area contributed by atoms with Crippen LogP contribution in [0.2, 0.25) is 0 Å². The van der Waals surface area contributed by atoms with Crippen LogP contribution in [0.4, 0.5) is 23.0 Å². The molecule has 0 aliphatic heterocycles. The van der Waals surface area contributed by atoms with Gasteiger partial charge in [0.2, 0.25) is 11.6 Å². The molecule has 25 heavy (non-hydrogen) atoms. The van der Waals surface area contributed by atoms with Crippen molar-refractivity contribution >= 4 is 23.0 Å². The van der Waals surface area contributed by atoms with Crippen LogP contribution in [0.1, 0.15) is 16.9 Å². The number of hydrogen-bond acceptors (Lipinski definition) is 7. The van der Waals surface area contributed by atoms with Gasteiger partial charge in [-0.15, -0.1) is 0 Å². The lowest BCUT2D eigenvalue weighted by molar-refractivity contribution is -0.383. The van der Waals surface area contributed by atoms with Crippen molar-refractivity contribution in [2.75, 3.05) is 10.6 Å². The van der Waals surface area contributed by atoms with E-state index in [0.29, 0.717) is 5.76 Å². The fourth-order valence-electron chi connectivity index (χ4n) is 2.54. The summed E-state index contributed by atoms with van der Waals surface area (Å²) in [5.41, 5.74) is 2.62. The Morgan fingerprint density at radius 1 is 1.16 bits per heavy atom. The fourth-order valence-corrected chi connectivity index (χ4v) is 2.54.